The van der Waals surface area contributed by atoms with E-state index in [2.05, 4.69) is 64.1 Å². The molecule has 0 aliphatic heterocycles. The topological polar surface area (TPSA) is 42.7 Å². The lowest BCUT2D eigenvalue weighted by Crippen LogP contribution is -2.35. The maximum Gasteiger partial charge on any atom is 0.107 e. The molecular weight excluding hydrogens is 359 g/mol. The maximum absolute atomic E-state index is 4.61. The second kappa shape index (κ2) is 5.66. The predicted octanol–water partition coefficient (Wildman–Crippen LogP) is 2.88. The summed E-state index contributed by atoms with van der Waals surface area (Å²) in [6.45, 7) is 8.05. The molecule has 0 aromatic carbocycles. The minimum atomic E-state index is 0.129. The first-order chi connectivity index (χ1) is 8.42. The van der Waals surface area contributed by atoms with E-state index < -0.39 is 0 Å². The highest BCUT2D eigenvalue weighted by atomic mass is 127. The molecule has 0 amide bonds. The van der Waals surface area contributed by atoms with Gasteiger partial charge in [0.1, 0.15) is 5.01 Å². The SMILES string of the molecule is CC(C)(C)NCc1nc(Cn2cc(I)cn2)cs1. The van der Waals surface area contributed by atoms with Crippen molar-refractivity contribution in [2.45, 2.75) is 39.4 Å². The molecule has 0 radical (unpaired) electrons. The van der Waals surface area contributed by atoms with E-state index in [1.165, 1.54) is 0 Å². The first kappa shape index (κ1) is 14.0. The number of hydrogen-bond acceptors (Lipinski definition) is 4. The van der Waals surface area contributed by atoms with Crippen LogP contribution in [0.2, 0.25) is 0 Å². The zero-order valence-corrected chi connectivity index (χ0v) is 13.7. The third kappa shape index (κ3) is 4.33. The lowest BCUT2D eigenvalue weighted by molar-refractivity contribution is 0.423. The number of aromatic nitrogens is 3. The largest absolute Gasteiger partial charge is 0.306 e. The Morgan fingerprint density at radius 3 is 2.83 bits per heavy atom. The van der Waals surface area contributed by atoms with Crippen molar-refractivity contribution in [2.75, 3.05) is 0 Å². The molecule has 6 heteroatoms. The smallest absolute Gasteiger partial charge is 0.107 e. The van der Waals surface area contributed by atoms with E-state index in [4.69, 9.17) is 0 Å². The van der Waals surface area contributed by atoms with Crippen LogP contribution < -0.4 is 5.32 Å². The molecule has 0 saturated carbocycles. The van der Waals surface area contributed by atoms with Crippen LogP contribution in [0.5, 0.6) is 0 Å². The molecule has 2 aromatic rings. The van der Waals surface area contributed by atoms with Gasteiger partial charge in [-0.1, -0.05) is 0 Å². The van der Waals surface area contributed by atoms with Crippen LogP contribution in [-0.2, 0) is 13.1 Å². The Morgan fingerprint density at radius 1 is 1.44 bits per heavy atom. The van der Waals surface area contributed by atoms with Crippen LogP contribution >= 0.6 is 33.9 Å². The Morgan fingerprint density at radius 2 is 2.22 bits per heavy atom. The summed E-state index contributed by atoms with van der Waals surface area (Å²) in [5.74, 6) is 0. The predicted molar refractivity (Wildman–Crippen MR) is 82.8 cm³/mol. The summed E-state index contributed by atoms with van der Waals surface area (Å²) in [5, 5.41) is 10.9. The van der Waals surface area contributed by atoms with Gasteiger partial charge in [0.15, 0.2) is 0 Å². The van der Waals surface area contributed by atoms with Gasteiger partial charge in [-0.3, -0.25) is 4.68 Å². The summed E-state index contributed by atoms with van der Waals surface area (Å²) >= 11 is 3.96. The van der Waals surface area contributed by atoms with Gasteiger partial charge in [0.05, 0.1) is 22.0 Å². The van der Waals surface area contributed by atoms with Crippen LogP contribution in [0.4, 0.5) is 0 Å². The molecule has 2 heterocycles. The summed E-state index contributed by atoms with van der Waals surface area (Å²) in [6, 6.07) is 0. The van der Waals surface area contributed by atoms with Crippen molar-refractivity contribution < 1.29 is 0 Å². The van der Waals surface area contributed by atoms with Gasteiger partial charge in [0.25, 0.3) is 0 Å². The van der Waals surface area contributed by atoms with Gasteiger partial charge in [0, 0.05) is 23.7 Å². The Labute approximate surface area is 125 Å². The van der Waals surface area contributed by atoms with E-state index in [0.29, 0.717) is 0 Å². The summed E-state index contributed by atoms with van der Waals surface area (Å²) < 4.78 is 3.06. The van der Waals surface area contributed by atoms with E-state index in [-0.39, 0.29) is 5.54 Å². The molecule has 0 unspecified atom stereocenters. The van der Waals surface area contributed by atoms with Crippen molar-refractivity contribution in [3.63, 3.8) is 0 Å². The fourth-order valence-corrected chi connectivity index (χ4v) is 2.61. The van der Waals surface area contributed by atoms with Crippen LogP contribution in [0.1, 0.15) is 31.5 Å². The monoisotopic (exact) mass is 376 g/mol. The van der Waals surface area contributed by atoms with E-state index in [1.807, 2.05) is 17.1 Å². The van der Waals surface area contributed by atoms with Gasteiger partial charge in [-0.25, -0.2) is 4.98 Å². The lowest BCUT2D eigenvalue weighted by atomic mass is 10.1. The Hall–Kier alpha value is -0.470. The Balaban J connectivity index is 1.94. The molecule has 1 N–H and O–H groups in total. The quantitative estimate of drug-likeness (QED) is 0.835. The molecule has 0 aliphatic carbocycles. The highest BCUT2D eigenvalue weighted by Gasteiger charge is 2.10. The van der Waals surface area contributed by atoms with E-state index in [9.17, 15) is 0 Å². The van der Waals surface area contributed by atoms with Gasteiger partial charge in [-0.05, 0) is 43.4 Å². The fraction of sp³-hybridized carbons (Fsp3) is 0.500. The van der Waals surface area contributed by atoms with Crippen molar-refractivity contribution in [3.05, 3.63) is 32.0 Å². The van der Waals surface area contributed by atoms with E-state index >= 15 is 0 Å². The van der Waals surface area contributed by atoms with Crippen LogP contribution in [0, 0.1) is 3.57 Å². The fourth-order valence-electron chi connectivity index (χ4n) is 1.43. The normalized spacial score (nSPS) is 12.0. The number of hydrogen-bond donors (Lipinski definition) is 1. The molecule has 4 nitrogen and oxygen atoms in total. The van der Waals surface area contributed by atoms with Gasteiger partial charge < -0.3 is 5.32 Å². The molecule has 0 bridgehead atoms. The number of halogens is 1. The molecule has 0 atom stereocenters. The second-order valence-electron chi connectivity index (χ2n) is 5.19. The number of nitrogens with one attached hydrogen (secondary N) is 1. The highest BCUT2D eigenvalue weighted by Crippen LogP contribution is 2.13. The summed E-state index contributed by atoms with van der Waals surface area (Å²) in [6.07, 6.45) is 3.88. The molecular formula is C12H17IN4S. The third-order valence-corrected chi connectivity index (χ3v) is 3.75. The summed E-state index contributed by atoms with van der Waals surface area (Å²) in [7, 11) is 0. The Bertz CT molecular complexity index is 512. The standard InChI is InChI=1S/C12H17IN4S/c1-12(2,3)14-5-11-16-10(8-18-11)7-17-6-9(13)4-15-17/h4,6,8,14H,5,7H2,1-3H3. The minimum Gasteiger partial charge on any atom is -0.306 e. The average molecular weight is 376 g/mol. The molecule has 0 fully saturated rings. The molecule has 2 aromatic heterocycles. The third-order valence-electron chi connectivity index (χ3n) is 2.29. The van der Waals surface area contributed by atoms with Gasteiger partial charge in [0.2, 0.25) is 0 Å². The second-order valence-corrected chi connectivity index (χ2v) is 7.38. The lowest BCUT2D eigenvalue weighted by Gasteiger charge is -2.19. The first-order valence-electron chi connectivity index (χ1n) is 5.79. The average Bonchev–Trinajstić information content (AvgIpc) is 2.85. The van der Waals surface area contributed by atoms with Gasteiger partial charge >= 0.3 is 0 Å². The minimum absolute atomic E-state index is 0.129. The van der Waals surface area contributed by atoms with Crippen molar-refractivity contribution in [1.82, 2.24) is 20.1 Å². The van der Waals surface area contributed by atoms with Gasteiger partial charge in [-0.15, -0.1) is 11.3 Å². The highest BCUT2D eigenvalue weighted by molar-refractivity contribution is 14.1. The Kier molecular flexibility index (Phi) is 4.39. The van der Waals surface area contributed by atoms with Crippen LogP contribution in [-0.4, -0.2) is 20.3 Å². The van der Waals surface area contributed by atoms with Crippen molar-refractivity contribution in [2.24, 2.45) is 0 Å². The zero-order chi connectivity index (χ0) is 13.2. The summed E-state index contributed by atoms with van der Waals surface area (Å²) in [4.78, 5) is 4.61. The molecule has 0 spiro atoms. The molecule has 98 valence electrons. The van der Waals surface area contributed by atoms with Crippen molar-refractivity contribution in [1.29, 1.82) is 0 Å². The number of rotatable bonds is 4. The van der Waals surface area contributed by atoms with E-state index in [0.717, 1.165) is 27.4 Å². The van der Waals surface area contributed by atoms with Gasteiger partial charge in [-0.2, -0.15) is 5.10 Å². The van der Waals surface area contributed by atoms with Crippen molar-refractivity contribution >= 4 is 33.9 Å². The molecule has 0 aliphatic rings. The van der Waals surface area contributed by atoms with E-state index in [1.54, 1.807) is 11.3 Å². The summed E-state index contributed by atoms with van der Waals surface area (Å²) in [5.41, 5.74) is 1.20. The maximum atomic E-state index is 4.61. The molecule has 0 saturated heterocycles. The zero-order valence-electron chi connectivity index (χ0n) is 10.8. The van der Waals surface area contributed by atoms with Crippen LogP contribution in [0.15, 0.2) is 17.8 Å². The number of thiazole rings is 1. The van der Waals surface area contributed by atoms with Crippen LogP contribution in [0.3, 0.4) is 0 Å². The van der Waals surface area contributed by atoms with Crippen LogP contribution in [0.25, 0.3) is 0 Å². The first-order valence-corrected chi connectivity index (χ1v) is 7.74. The molecule has 18 heavy (non-hydrogen) atoms. The molecule has 2 rings (SSSR count). The number of nitrogens with zero attached hydrogens (tertiary/aromatic N) is 3. The van der Waals surface area contributed by atoms with Crippen molar-refractivity contribution in [3.8, 4) is 0 Å².